The molecule has 1 unspecified atom stereocenters. The molecule has 0 fully saturated rings. The predicted molar refractivity (Wildman–Crippen MR) is 78.9 cm³/mol. The Hall–Kier alpha value is -1.54. The highest BCUT2D eigenvalue weighted by Gasteiger charge is 2.29. The third kappa shape index (κ3) is 2.40. The second kappa shape index (κ2) is 5.45. The molecule has 0 saturated carbocycles. The average Bonchev–Trinajstić information content (AvgIpc) is 2.90. The number of benzene rings is 2. The minimum Gasteiger partial charge on any atom is -0.497 e. The Kier molecular flexibility index (Phi) is 3.66. The molecule has 2 aromatic rings. The Morgan fingerprint density at radius 1 is 1.15 bits per heavy atom. The SMILES string of the molecule is COc1ccc(C(Cl)C2Cc3ccccc3C2)c(F)c1. The van der Waals surface area contributed by atoms with Crippen molar-refractivity contribution < 1.29 is 9.13 Å². The maximum atomic E-state index is 14.1. The van der Waals surface area contributed by atoms with E-state index in [4.69, 9.17) is 16.3 Å². The Morgan fingerprint density at radius 3 is 2.35 bits per heavy atom. The summed E-state index contributed by atoms with van der Waals surface area (Å²) in [5.41, 5.74) is 3.22. The van der Waals surface area contributed by atoms with E-state index in [1.54, 1.807) is 12.1 Å². The number of ether oxygens (including phenoxy) is 1. The highest BCUT2D eigenvalue weighted by atomic mass is 35.5. The van der Waals surface area contributed by atoms with E-state index in [0.717, 1.165) is 12.8 Å². The van der Waals surface area contributed by atoms with Crippen LogP contribution in [0.3, 0.4) is 0 Å². The minimum absolute atomic E-state index is 0.247. The van der Waals surface area contributed by atoms with Crippen molar-refractivity contribution in [2.45, 2.75) is 18.2 Å². The molecule has 104 valence electrons. The van der Waals surface area contributed by atoms with Crippen LogP contribution in [0.15, 0.2) is 42.5 Å². The Balaban J connectivity index is 1.82. The van der Waals surface area contributed by atoms with Crippen LogP contribution in [-0.4, -0.2) is 7.11 Å². The van der Waals surface area contributed by atoms with Crippen LogP contribution in [0.1, 0.15) is 22.1 Å². The van der Waals surface area contributed by atoms with Gasteiger partial charge < -0.3 is 4.74 Å². The number of hydrogen-bond donors (Lipinski definition) is 0. The standard InChI is InChI=1S/C17H16ClFO/c1-20-14-6-7-15(16(19)10-14)17(18)13-8-11-4-2-3-5-12(11)9-13/h2-7,10,13,17H,8-9H2,1H3. The van der Waals surface area contributed by atoms with Gasteiger partial charge in [-0.1, -0.05) is 30.3 Å². The van der Waals surface area contributed by atoms with E-state index in [1.807, 2.05) is 12.1 Å². The molecule has 0 spiro atoms. The van der Waals surface area contributed by atoms with E-state index in [9.17, 15) is 4.39 Å². The van der Waals surface area contributed by atoms with Crippen LogP contribution >= 0.6 is 11.6 Å². The van der Waals surface area contributed by atoms with E-state index < -0.39 is 0 Å². The van der Waals surface area contributed by atoms with Crippen molar-refractivity contribution in [3.63, 3.8) is 0 Å². The van der Waals surface area contributed by atoms with Crippen molar-refractivity contribution in [1.29, 1.82) is 0 Å². The lowest BCUT2D eigenvalue weighted by Gasteiger charge is -2.18. The van der Waals surface area contributed by atoms with Crippen LogP contribution in [0.2, 0.25) is 0 Å². The molecule has 1 atom stereocenters. The number of methoxy groups -OCH3 is 1. The first-order valence-corrected chi connectivity index (χ1v) is 7.17. The maximum Gasteiger partial charge on any atom is 0.131 e. The van der Waals surface area contributed by atoms with Crippen molar-refractivity contribution in [2.75, 3.05) is 7.11 Å². The molecule has 3 heteroatoms. The second-order valence-electron chi connectivity index (χ2n) is 5.23. The fraction of sp³-hybridized carbons (Fsp3) is 0.294. The summed E-state index contributed by atoms with van der Waals surface area (Å²) in [6, 6.07) is 13.2. The van der Waals surface area contributed by atoms with Crippen LogP contribution in [0.5, 0.6) is 5.75 Å². The quantitative estimate of drug-likeness (QED) is 0.755. The number of fused-ring (bicyclic) bond motifs is 1. The monoisotopic (exact) mass is 290 g/mol. The molecule has 0 bridgehead atoms. The van der Waals surface area contributed by atoms with E-state index in [0.29, 0.717) is 11.3 Å². The number of hydrogen-bond acceptors (Lipinski definition) is 1. The van der Waals surface area contributed by atoms with E-state index >= 15 is 0 Å². The molecule has 0 N–H and O–H groups in total. The zero-order valence-electron chi connectivity index (χ0n) is 11.3. The molecule has 0 aliphatic heterocycles. The van der Waals surface area contributed by atoms with Crippen molar-refractivity contribution in [1.82, 2.24) is 0 Å². The summed E-state index contributed by atoms with van der Waals surface area (Å²) in [5.74, 6) is 0.474. The van der Waals surface area contributed by atoms with Crippen molar-refractivity contribution in [2.24, 2.45) is 5.92 Å². The zero-order chi connectivity index (χ0) is 14.1. The Bertz CT molecular complexity index is 601. The first-order valence-electron chi connectivity index (χ1n) is 6.73. The molecule has 2 aromatic carbocycles. The van der Waals surface area contributed by atoms with Crippen molar-refractivity contribution in [3.8, 4) is 5.75 Å². The van der Waals surface area contributed by atoms with Crippen molar-refractivity contribution >= 4 is 11.6 Å². The summed E-state index contributed by atoms with van der Waals surface area (Å²) in [7, 11) is 1.53. The summed E-state index contributed by atoms with van der Waals surface area (Å²) in [4.78, 5) is 0. The summed E-state index contributed by atoms with van der Waals surface area (Å²) in [6.07, 6.45) is 1.83. The van der Waals surface area contributed by atoms with Crippen LogP contribution in [0.4, 0.5) is 4.39 Å². The van der Waals surface area contributed by atoms with Gasteiger partial charge in [0.25, 0.3) is 0 Å². The summed E-state index contributed by atoms with van der Waals surface area (Å²) >= 11 is 6.52. The first kappa shape index (κ1) is 13.4. The lowest BCUT2D eigenvalue weighted by atomic mass is 9.95. The van der Waals surface area contributed by atoms with Gasteiger partial charge in [-0.3, -0.25) is 0 Å². The lowest BCUT2D eigenvalue weighted by Crippen LogP contribution is -2.09. The maximum absolute atomic E-state index is 14.1. The van der Waals surface area contributed by atoms with Gasteiger partial charge in [0.15, 0.2) is 0 Å². The van der Waals surface area contributed by atoms with Crippen molar-refractivity contribution in [3.05, 3.63) is 65.0 Å². The highest BCUT2D eigenvalue weighted by molar-refractivity contribution is 6.21. The topological polar surface area (TPSA) is 9.23 Å². The molecule has 0 saturated heterocycles. The largest absolute Gasteiger partial charge is 0.497 e. The van der Waals surface area contributed by atoms with E-state index in [2.05, 4.69) is 12.1 Å². The normalized spacial score (nSPS) is 15.9. The van der Waals surface area contributed by atoms with Gasteiger partial charge in [0.2, 0.25) is 0 Å². The molecule has 1 aliphatic carbocycles. The fourth-order valence-electron chi connectivity index (χ4n) is 2.91. The van der Waals surface area contributed by atoms with Gasteiger partial charge in [-0.15, -0.1) is 11.6 Å². The zero-order valence-corrected chi connectivity index (χ0v) is 12.0. The molecular formula is C17H16ClFO. The smallest absolute Gasteiger partial charge is 0.131 e. The number of halogens is 2. The molecule has 0 amide bonds. The van der Waals surface area contributed by atoms with Gasteiger partial charge in [-0.25, -0.2) is 4.39 Å². The van der Waals surface area contributed by atoms with Gasteiger partial charge in [-0.05, 0) is 36.0 Å². The van der Waals surface area contributed by atoms with Crippen LogP contribution in [0, 0.1) is 11.7 Å². The van der Waals surface area contributed by atoms with Gasteiger partial charge >= 0.3 is 0 Å². The first-order chi connectivity index (χ1) is 9.69. The van der Waals surface area contributed by atoms with Crippen LogP contribution in [0.25, 0.3) is 0 Å². The van der Waals surface area contributed by atoms with Crippen LogP contribution in [-0.2, 0) is 12.8 Å². The summed E-state index contributed by atoms with van der Waals surface area (Å²) in [6.45, 7) is 0. The molecule has 20 heavy (non-hydrogen) atoms. The molecule has 1 aliphatic rings. The van der Waals surface area contributed by atoms with Gasteiger partial charge in [0.05, 0.1) is 12.5 Å². The second-order valence-corrected chi connectivity index (χ2v) is 5.70. The van der Waals surface area contributed by atoms with Gasteiger partial charge in [0, 0.05) is 11.6 Å². The van der Waals surface area contributed by atoms with Crippen LogP contribution < -0.4 is 4.74 Å². The molecule has 3 rings (SSSR count). The van der Waals surface area contributed by atoms with Gasteiger partial charge in [0.1, 0.15) is 11.6 Å². The summed E-state index contributed by atoms with van der Waals surface area (Å²) < 4.78 is 19.1. The average molecular weight is 291 g/mol. The van der Waals surface area contributed by atoms with E-state index in [1.165, 1.54) is 24.3 Å². The Morgan fingerprint density at radius 2 is 1.80 bits per heavy atom. The molecular weight excluding hydrogens is 275 g/mol. The predicted octanol–water partition coefficient (Wildman–Crippen LogP) is 4.53. The number of alkyl halides is 1. The van der Waals surface area contributed by atoms with E-state index in [-0.39, 0.29) is 17.1 Å². The third-order valence-corrected chi connectivity index (χ3v) is 4.59. The molecule has 0 radical (unpaired) electrons. The summed E-state index contributed by atoms with van der Waals surface area (Å²) in [5, 5.41) is -0.312. The molecule has 1 nitrogen and oxygen atoms in total. The van der Waals surface area contributed by atoms with Gasteiger partial charge in [-0.2, -0.15) is 0 Å². The number of rotatable bonds is 3. The molecule has 0 heterocycles. The lowest BCUT2D eigenvalue weighted by molar-refractivity contribution is 0.409. The highest BCUT2D eigenvalue weighted by Crippen LogP contribution is 2.40. The fourth-order valence-corrected chi connectivity index (χ4v) is 3.27. The Labute approximate surface area is 123 Å². The third-order valence-electron chi connectivity index (χ3n) is 4.00. The molecule has 0 aromatic heterocycles. The minimum atomic E-state index is -0.312.